The van der Waals surface area contributed by atoms with E-state index in [1.165, 1.54) is 30.4 Å². The van der Waals surface area contributed by atoms with Gasteiger partial charge < -0.3 is 10.6 Å². The van der Waals surface area contributed by atoms with Gasteiger partial charge in [0.15, 0.2) is 5.13 Å². The number of thiazole rings is 1. The number of fused-ring (bicyclic) bond motifs is 1. The summed E-state index contributed by atoms with van der Waals surface area (Å²) in [6.45, 7) is 9.54. The summed E-state index contributed by atoms with van der Waals surface area (Å²) in [5, 5.41) is 5.73. The van der Waals surface area contributed by atoms with Gasteiger partial charge in [0.2, 0.25) is 5.91 Å². The molecule has 3 aromatic rings. The summed E-state index contributed by atoms with van der Waals surface area (Å²) in [6, 6.07) is 8.43. The fraction of sp³-hybridized carbons (Fsp3) is 0.444. The molecule has 2 N–H and O–H groups in total. The molecule has 1 saturated heterocycles. The van der Waals surface area contributed by atoms with Crippen molar-refractivity contribution in [2.75, 3.05) is 23.7 Å². The zero-order valence-electron chi connectivity index (χ0n) is 21.3. The maximum Gasteiger partial charge on any atom is 0.416 e. The molecule has 2 amide bonds. The highest BCUT2D eigenvalue weighted by atomic mass is 32.1. The van der Waals surface area contributed by atoms with E-state index in [9.17, 15) is 22.8 Å². The first-order chi connectivity index (χ1) is 17.4. The average molecular weight is 533 g/mol. The fourth-order valence-corrected chi connectivity index (χ4v) is 5.98. The van der Waals surface area contributed by atoms with Crippen LogP contribution in [0, 0.1) is 5.92 Å². The molecule has 1 atom stereocenters. The Kier molecular flexibility index (Phi) is 7.62. The molecule has 0 spiro atoms. The monoisotopic (exact) mass is 532 g/mol. The number of aromatic nitrogens is 1. The number of rotatable bonds is 6. The Morgan fingerprint density at radius 3 is 2.59 bits per heavy atom. The largest absolute Gasteiger partial charge is 0.416 e. The number of carbonyl (C=O) groups excluding carboxylic acids is 2. The van der Waals surface area contributed by atoms with Gasteiger partial charge in [0.1, 0.15) is 0 Å². The van der Waals surface area contributed by atoms with Gasteiger partial charge in [0, 0.05) is 24.7 Å². The van der Waals surface area contributed by atoms with Crippen LogP contribution in [0.4, 0.5) is 24.0 Å². The van der Waals surface area contributed by atoms with Crippen LogP contribution >= 0.6 is 11.3 Å². The van der Waals surface area contributed by atoms with E-state index < -0.39 is 23.2 Å². The number of hydrogen-bond acceptors (Lipinski definition) is 5. The second kappa shape index (κ2) is 10.4. The second-order valence-corrected chi connectivity index (χ2v) is 11.2. The Morgan fingerprint density at radius 1 is 1.16 bits per heavy atom. The van der Waals surface area contributed by atoms with Crippen LogP contribution in [0.5, 0.6) is 0 Å². The number of alkyl halides is 3. The van der Waals surface area contributed by atoms with E-state index in [1.807, 2.05) is 12.1 Å². The van der Waals surface area contributed by atoms with Crippen molar-refractivity contribution < 1.29 is 22.8 Å². The van der Waals surface area contributed by atoms with E-state index in [2.05, 4.69) is 41.3 Å². The molecule has 4 rings (SSSR count). The number of amides is 2. The number of hydrogen-bond donors (Lipinski definition) is 2. The molecule has 1 aliphatic heterocycles. The van der Waals surface area contributed by atoms with Gasteiger partial charge in [-0.15, -0.1) is 0 Å². The van der Waals surface area contributed by atoms with Crippen molar-refractivity contribution >= 4 is 44.2 Å². The minimum absolute atomic E-state index is 0.0490. The number of piperidine rings is 1. The highest BCUT2D eigenvalue weighted by molar-refractivity contribution is 7.22. The topological polar surface area (TPSA) is 74.3 Å². The molecule has 1 aliphatic rings. The zero-order valence-corrected chi connectivity index (χ0v) is 22.1. The average Bonchev–Trinajstić information content (AvgIpc) is 3.21. The molecule has 2 aromatic carbocycles. The molecule has 0 aliphatic carbocycles. The number of halogens is 3. The summed E-state index contributed by atoms with van der Waals surface area (Å²) < 4.78 is 40.6. The van der Waals surface area contributed by atoms with Gasteiger partial charge in [-0.2, -0.15) is 13.2 Å². The number of benzene rings is 2. The van der Waals surface area contributed by atoms with Gasteiger partial charge in [0.25, 0.3) is 5.91 Å². The lowest BCUT2D eigenvalue weighted by molar-refractivity contribution is -0.137. The molecule has 6 nitrogen and oxygen atoms in total. The van der Waals surface area contributed by atoms with Crippen molar-refractivity contribution in [3.63, 3.8) is 0 Å². The first-order valence-corrected chi connectivity index (χ1v) is 13.2. The standard InChI is InChI=1S/C27H31F3N4O2S/c1-16(2)15-34-13-6-5-12-26(34,4)20-10-11-21-23(33-25(37-21)31-17(3)35)22(20)24(36)32-19-9-7-8-18(14-19)27(28,29)30/h7-11,14,16H,5-6,12-13,15H2,1-4H3,(H,32,36)(H,31,33,35). The minimum atomic E-state index is -4.53. The maximum atomic E-state index is 13.8. The molecule has 0 bridgehead atoms. The number of nitrogens with zero attached hydrogens (tertiary/aromatic N) is 2. The lowest BCUT2D eigenvalue weighted by atomic mass is 9.79. The predicted molar refractivity (Wildman–Crippen MR) is 141 cm³/mol. The quantitative estimate of drug-likeness (QED) is 0.363. The summed E-state index contributed by atoms with van der Waals surface area (Å²) in [4.78, 5) is 32.4. The molecule has 1 aromatic heterocycles. The molecular formula is C27H31F3N4O2S. The molecule has 0 saturated carbocycles. The smallest absolute Gasteiger partial charge is 0.322 e. The Bertz CT molecular complexity index is 1320. The Hall–Kier alpha value is -2.98. The van der Waals surface area contributed by atoms with Crippen LogP contribution in [0.2, 0.25) is 0 Å². The van der Waals surface area contributed by atoms with E-state index >= 15 is 0 Å². The van der Waals surface area contributed by atoms with Crippen LogP contribution in [0.3, 0.4) is 0 Å². The van der Waals surface area contributed by atoms with Gasteiger partial charge in [0.05, 0.1) is 21.3 Å². The first kappa shape index (κ1) is 27.1. The van der Waals surface area contributed by atoms with Crippen LogP contribution < -0.4 is 10.6 Å². The third-order valence-corrected chi connectivity index (χ3v) is 7.66. The second-order valence-electron chi connectivity index (χ2n) is 10.1. The lowest BCUT2D eigenvalue weighted by Gasteiger charge is -2.47. The summed E-state index contributed by atoms with van der Waals surface area (Å²) >= 11 is 1.25. The van der Waals surface area contributed by atoms with E-state index in [4.69, 9.17) is 0 Å². The Balaban J connectivity index is 1.85. The molecular weight excluding hydrogens is 501 g/mol. The maximum absolute atomic E-state index is 13.8. The van der Waals surface area contributed by atoms with Gasteiger partial charge >= 0.3 is 6.18 Å². The van der Waals surface area contributed by atoms with Crippen molar-refractivity contribution in [1.82, 2.24) is 9.88 Å². The minimum Gasteiger partial charge on any atom is -0.322 e. The molecule has 2 heterocycles. The van der Waals surface area contributed by atoms with Gasteiger partial charge in [-0.3, -0.25) is 14.5 Å². The van der Waals surface area contributed by atoms with Crippen molar-refractivity contribution in [3.05, 3.63) is 53.1 Å². The third-order valence-electron chi connectivity index (χ3n) is 6.72. The molecule has 198 valence electrons. The van der Waals surface area contributed by atoms with Crippen molar-refractivity contribution in [3.8, 4) is 0 Å². The van der Waals surface area contributed by atoms with E-state index in [-0.39, 0.29) is 11.6 Å². The summed E-state index contributed by atoms with van der Waals surface area (Å²) in [6.07, 6.45) is -1.65. The van der Waals surface area contributed by atoms with Crippen molar-refractivity contribution in [2.45, 2.75) is 58.7 Å². The summed E-state index contributed by atoms with van der Waals surface area (Å²) in [5.41, 5.74) is 0.271. The van der Waals surface area contributed by atoms with Crippen LogP contribution in [0.25, 0.3) is 10.2 Å². The van der Waals surface area contributed by atoms with E-state index in [1.54, 1.807) is 0 Å². The van der Waals surface area contributed by atoms with Crippen LogP contribution in [-0.2, 0) is 16.5 Å². The molecule has 0 radical (unpaired) electrons. The lowest BCUT2D eigenvalue weighted by Crippen LogP contribution is -2.49. The summed E-state index contributed by atoms with van der Waals surface area (Å²) in [7, 11) is 0. The number of anilines is 2. The SMILES string of the molecule is CC(=O)Nc1nc2c(C(=O)Nc3cccc(C(F)(F)F)c3)c(C3(C)CCCCN3CC(C)C)ccc2s1. The van der Waals surface area contributed by atoms with Crippen molar-refractivity contribution in [1.29, 1.82) is 0 Å². The molecule has 1 fully saturated rings. The zero-order chi connectivity index (χ0) is 27.0. The van der Waals surface area contributed by atoms with Crippen LogP contribution in [0.1, 0.15) is 68.4 Å². The molecule has 10 heteroatoms. The normalized spacial score (nSPS) is 18.8. The van der Waals surface area contributed by atoms with Crippen molar-refractivity contribution in [2.24, 2.45) is 5.92 Å². The predicted octanol–water partition coefficient (Wildman–Crippen LogP) is 6.88. The number of carbonyl (C=O) groups is 2. The van der Waals surface area contributed by atoms with Gasteiger partial charge in [-0.05, 0) is 62.1 Å². The Morgan fingerprint density at radius 2 is 1.92 bits per heavy atom. The number of likely N-dealkylation sites (tertiary alicyclic amines) is 1. The van der Waals surface area contributed by atoms with Crippen LogP contribution in [-0.4, -0.2) is 34.8 Å². The van der Waals surface area contributed by atoms with E-state index in [0.717, 1.165) is 50.0 Å². The summed E-state index contributed by atoms with van der Waals surface area (Å²) in [5.74, 6) is -0.401. The fourth-order valence-electron chi connectivity index (χ4n) is 5.06. The van der Waals surface area contributed by atoms with Gasteiger partial charge in [-0.25, -0.2) is 4.98 Å². The number of nitrogens with one attached hydrogen (secondary N) is 2. The van der Waals surface area contributed by atoms with Crippen LogP contribution in [0.15, 0.2) is 36.4 Å². The van der Waals surface area contributed by atoms with E-state index in [0.29, 0.717) is 26.8 Å². The highest BCUT2D eigenvalue weighted by Crippen LogP contribution is 2.43. The molecule has 37 heavy (non-hydrogen) atoms. The Labute approximate surface area is 218 Å². The van der Waals surface area contributed by atoms with Gasteiger partial charge in [-0.1, -0.05) is 43.7 Å². The highest BCUT2D eigenvalue weighted by Gasteiger charge is 2.40. The first-order valence-electron chi connectivity index (χ1n) is 12.3. The molecule has 1 unspecified atom stereocenters. The third kappa shape index (κ3) is 5.80.